The number of hydrogen-bond donors (Lipinski definition) is 2. The Morgan fingerprint density at radius 3 is 2.84 bits per heavy atom. The van der Waals surface area contributed by atoms with E-state index < -0.39 is 0 Å². The zero-order valence-corrected chi connectivity index (χ0v) is 11.1. The lowest BCUT2D eigenvalue weighted by Crippen LogP contribution is -2.29. The molecule has 1 fully saturated rings. The molecule has 1 aromatic carbocycles. The van der Waals surface area contributed by atoms with Gasteiger partial charge in [-0.2, -0.15) is 0 Å². The molecule has 0 heterocycles. The van der Waals surface area contributed by atoms with E-state index in [2.05, 4.69) is 5.32 Å². The number of phenolic OH excluding ortho intramolecular Hbond substituents is 1. The minimum atomic E-state index is -0.178. The first-order valence-corrected chi connectivity index (χ1v) is 6.94. The molecule has 0 saturated heterocycles. The molecule has 1 aliphatic carbocycles. The Bertz CT molecular complexity index is 414. The van der Waals surface area contributed by atoms with Gasteiger partial charge in [0.25, 0.3) is 5.91 Å². The van der Waals surface area contributed by atoms with E-state index in [0.717, 1.165) is 12.8 Å². The van der Waals surface area contributed by atoms with Crippen molar-refractivity contribution in [2.75, 3.05) is 13.2 Å². The molecule has 0 aliphatic heterocycles. The summed E-state index contributed by atoms with van der Waals surface area (Å²) >= 11 is 0. The van der Waals surface area contributed by atoms with Crippen molar-refractivity contribution in [1.29, 1.82) is 0 Å². The number of rotatable bonds is 5. The molecule has 0 atom stereocenters. The first-order chi connectivity index (χ1) is 9.25. The van der Waals surface area contributed by atoms with E-state index in [1.165, 1.54) is 25.3 Å². The molecule has 1 aliphatic rings. The molecule has 4 heteroatoms. The summed E-state index contributed by atoms with van der Waals surface area (Å²) < 4.78 is 5.73. The highest BCUT2D eigenvalue weighted by Crippen LogP contribution is 2.19. The number of aromatic hydroxyl groups is 1. The summed E-state index contributed by atoms with van der Waals surface area (Å²) in [6.45, 7) is 1.06. The largest absolute Gasteiger partial charge is 0.508 e. The van der Waals surface area contributed by atoms with Gasteiger partial charge in [-0.25, -0.2) is 0 Å². The van der Waals surface area contributed by atoms with Gasteiger partial charge in [0.05, 0.1) is 12.7 Å². The van der Waals surface area contributed by atoms with Gasteiger partial charge in [0.1, 0.15) is 5.75 Å². The van der Waals surface area contributed by atoms with Crippen molar-refractivity contribution in [3.05, 3.63) is 29.8 Å². The van der Waals surface area contributed by atoms with Crippen molar-refractivity contribution in [1.82, 2.24) is 5.32 Å². The maximum absolute atomic E-state index is 11.8. The summed E-state index contributed by atoms with van der Waals surface area (Å²) in [7, 11) is 0. The number of benzene rings is 1. The van der Waals surface area contributed by atoms with E-state index in [1.807, 2.05) is 0 Å². The van der Waals surface area contributed by atoms with Crippen molar-refractivity contribution in [3.63, 3.8) is 0 Å². The van der Waals surface area contributed by atoms with Crippen LogP contribution < -0.4 is 5.32 Å². The van der Waals surface area contributed by atoms with Crippen LogP contribution in [0.2, 0.25) is 0 Å². The smallest absolute Gasteiger partial charge is 0.251 e. The van der Waals surface area contributed by atoms with Gasteiger partial charge in [-0.3, -0.25) is 4.79 Å². The van der Waals surface area contributed by atoms with Crippen LogP contribution in [0.3, 0.4) is 0 Å². The monoisotopic (exact) mass is 263 g/mol. The predicted molar refractivity (Wildman–Crippen MR) is 73.3 cm³/mol. The van der Waals surface area contributed by atoms with Crippen molar-refractivity contribution in [2.24, 2.45) is 0 Å². The lowest BCUT2D eigenvalue weighted by molar-refractivity contribution is 0.0299. The predicted octanol–water partition coefficient (Wildman–Crippen LogP) is 2.47. The third-order valence-electron chi connectivity index (χ3n) is 3.40. The van der Waals surface area contributed by atoms with Gasteiger partial charge < -0.3 is 15.2 Å². The van der Waals surface area contributed by atoms with Crippen LogP contribution in [0.1, 0.15) is 42.5 Å². The van der Waals surface area contributed by atoms with Gasteiger partial charge in [0, 0.05) is 12.1 Å². The molecular weight excluding hydrogens is 242 g/mol. The Morgan fingerprint density at radius 1 is 1.32 bits per heavy atom. The van der Waals surface area contributed by atoms with Crippen LogP contribution in [0.25, 0.3) is 0 Å². The Kier molecular flexibility index (Phi) is 5.21. The lowest BCUT2D eigenvalue weighted by atomic mass is 9.98. The van der Waals surface area contributed by atoms with Crippen LogP contribution in [-0.2, 0) is 4.74 Å². The number of hydrogen-bond acceptors (Lipinski definition) is 3. The van der Waals surface area contributed by atoms with Crippen molar-refractivity contribution >= 4 is 5.91 Å². The van der Waals surface area contributed by atoms with Gasteiger partial charge >= 0.3 is 0 Å². The topological polar surface area (TPSA) is 58.6 Å². The molecule has 19 heavy (non-hydrogen) atoms. The highest BCUT2D eigenvalue weighted by atomic mass is 16.5. The second kappa shape index (κ2) is 7.14. The second-order valence-corrected chi connectivity index (χ2v) is 4.94. The van der Waals surface area contributed by atoms with E-state index in [-0.39, 0.29) is 11.7 Å². The molecule has 2 rings (SSSR count). The number of ether oxygens (including phenoxy) is 1. The van der Waals surface area contributed by atoms with Crippen LogP contribution in [0.5, 0.6) is 5.75 Å². The van der Waals surface area contributed by atoms with Crippen molar-refractivity contribution < 1.29 is 14.6 Å². The molecule has 1 aromatic rings. The Hall–Kier alpha value is -1.55. The molecule has 0 spiro atoms. The third-order valence-corrected chi connectivity index (χ3v) is 3.40. The highest BCUT2D eigenvalue weighted by Gasteiger charge is 2.13. The summed E-state index contributed by atoms with van der Waals surface area (Å²) in [6, 6.07) is 6.33. The average Bonchev–Trinajstić information content (AvgIpc) is 2.44. The Morgan fingerprint density at radius 2 is 2.11 bits per heavy atom. The van der Waals surface area contributed by atoms with E-state index in [1.54, 1.807) is 18.2 Å². The maximum Gasteiger partial charge on any atom is 0.251 e. The van der Waals surface area contributed by atoms with Gasteiger partial charge in [-0.1, -0.05) is 25.3 Å². The van der Waals surface area contributed by atoms with Crippen LogP contribution in [-0.4, -0.2) is 30.3 Å². The van der Waals surface area contributed by atoms with Gasteiger partial charge in [-0.15, -0.1) is 0 Å². The lowest BCUT2D eigenvalue weighted by Gasteiger charge is -2.21. The molecule has 0 bridgehead atoms. The van der Waals surface area contributed by atoms with Crippen molar-refractivity contribution in [2.45, 2.75) is 38.2 Å². The summed E-state index contributed by atoms with van der Waals surface area (Å²) in [5.41, 5.74) is 0.470. The van der Waals surface area contributed by atoms with Gasteiger partial charge in [-0.05, 0) is 31.0 Å². The van der Waals surface area contributed by atoms with Gasteiger partial charge in [0.2, 0.25) is 0 Å². The van der Waals surface area contributed by atoms with E-state index in [0.29, 0.717) is 24.8 Å². The van der Waals surface area contributed by atoms with E-state index >= 15 is 0 Å². The fraction of sp³-hybridized carbons (Fsp3) is 0.533. The standard InChI is InChI=1S/C15H21NO3/c17-13-6-4-5-12(11-13)15(18)16-9-10-19-14-7-2-1-3-8-14/h4-6,11,14,17H,1-3,7-10H2,(H,16,18). The van der Waals surface area contributed by atoms with Crippen LogP contribution in [0.4, 0.5) is 0 Å². The molecular formula is C15H21NO3. The number of phenols is 1. The minimum Gasteiger partial charge on any atom is -0.508 e. The first-order valence-electron chi connectivity index (χ1n) is 6.94. The quantitative estimate of drug-likeness (QED) is 0.802. The Labute approximate surface area is 113 Å². The molecule has 4 nitrogen and oxygen atoms in total. The average molecular weight is 263 g/mol. The zero-order valence-electron chi connectivity index (χ0n) is 11.1. The third kappa shape index (κ3) is 4.56. The summed E-state index contributed by atoms with van der Waals surface area (Å²) in [5, 5.41) is 12.1. The molecule has 2 N–H and O–H groups in total. The van der Waals surface area contributed by atoms with Crippen molar-refractivity contribution in [3.8, 4) is 5.75 Å². The maximum atomic E-state index is 11.8. The number of amides is 1. The Balaban J connectivity index is 1.66. The van der Waals surface area contributed by atoms with Crippen LogP contribution in [0.15, 0.2) is 24.3 Å². The first kappa shape index (κ1) is 13.9. The van der Waals surface area contributed by atoms with E-state index in [4.69, 9.17) is 4.74 Å². The summed E-state index contributed by atoms with van der Waals surface area (Å²) in [6.07, 6.45) is 6.46. The summed E-state index contributed by atoms with van der Waals surface area (Å²) in [5.74, 6) is -0.0748. The fourth-order valence-electron chi connectivity index (χ4n) is 2.37. The molecule has 0 aromatic heterocycles. The normalized spacial score (nSPS) is 16.2. The van der Waals surface area contributed by atoms with E-state index in [9.17, 15) is 9.90 Å². The fourth-order valence-corrected chi connectivity index (χ4v) is 2.37. The molecule has 1 saturated carbocycles. The zero-order chi connectivity index (χ0) is 13.5. The molecule has 104 valence electrons. The molecule has 0 unspecified atom stereocenters. The molecule has 0 radical (unpaired) electrons. The molecule has 1 amide bonds. The van der Waals surface area contributed by atoms with Crippen LogP contribution >= 0.6 is 0 Å². The van der Waals surface area contributed by atoms with Gasteiger partial charge in [0.15, 0.2) is 0 Å². The number of nitrogens with one attached hydrogen (secondary N) is 1. The highest BCUT2D eigenvalue weighted by molar-refractivity contribution is 5.94. The minimum absolute atomic E-state index is 0.103. The number of carbonyl (C=O) groups excluding carboxylic acids is 1. The number of carbonyl (C=O) groups is 1. The second-order valence-electron chi connectivity index (χ2n) is 4.94. The summed E-state index contributed by atoms with van der Waals surface area (Å²) in [4.78, 5) is 11.8. The van der Waals surface area contributed by atoms with Crippen LogP contribution in [0, 0.1) is 0 Å². The SMILES string of the molecule is O=C(NCCOC1CCCCC1)c1cccc(O)c1.